The van der Waals surface area contributed by atoms with E-state index in [4.69, 9.17) is 14.2 Å². The van der Waals surface area contributed by atoms with E-state index in [9.17, 15) is 0 Å². The highest BCUT2D eigenvalue weighted by atomic mass is 16.7. The Morgan fingerprint density at radius 1 is 0.750 bits per heavy atom. The molecule has 2 aromatic carbocycles. The lowest BCUT2D eigenvalue weighted by Crippen LogP contribution is -2.27. The molecular weight excluding hydrogens is 444 g/mol. The van der Waals surface area contributed by atoms with Crippen molar-refractivity contribution in [2.45, 2.75) is 96.7 Å². The Hall–Kier alpha value is -2.10. The van der Waals surface area contributed by atoms with E-state index in [1.165, 1.54) is 81.8 Å². The van der Waals surface area contributed by atoms with E-state index in [2.05, 4.69) is 62.0 Å². The van der Waals surface area contributed by atoms with E-state index in [-0.39, 0.29) is 6.29 Å². The summed E-state index contributed by atoms with van der Waals surface area (Å²) >= 11 is 0. The minimum atomic E-state index is -0.241. The Balaban J connectivity index is 1.31. The van der Waals surface area contributed by atoms with Crippen molar-refractivity contribution >= 4 is 0 Å². The summed E-state index contributed by atoms with van der Waals surface area (Å²) in [5.41, 5.74) is 3.49. The van der Waals surface area contributed by atoms with E-state index >= 15 is 0 Å². The van der Waals surface area contributed by atoms with E-state index in [1.54, 1.807) is 0 Å². The first-order valence-corrected chi connectivity index (χ1v) is 14.5. The Labute approximate surface area is 220 Å². The Morgan fingerprint density at radius 3 is 1.97 bits per heavy atom. The zero-order valence-electron chi connectivity index (χ0n) is 22.6. The first-order chi connectivity index (χ1) is 17.8. The summed E-state index contributed by atoms with van der Waals surface area (Å²) < 4.78 is 18.0. The van der Waals surface area contributed by atoms with Gasteiger partial charge in [-0.3, -0.25) is 0 Å². The van der Waals surface area contributed by atoms with E-state index < -0.39 is 0 Å². The standard InChI is InChI=1S/C33H48O3/c1-3-5-7-9-10-11-12-13-14-16-28-26-35-33(36-27-28)31-19-17-29(18-20-31)30-21-23-32(24-22-30)34-25-15-8-6-4-2/h3,17-24,28,33H,1,4-16,25-27H2,2H3. The van der Waals surface area contributed by atoms with Gasteiger partial charge in [-0.1, -0.05) is 107 Å². The molecule has 1 fully saturated rings. The predicted octanol–water partition coefficient (Wildman–Crippen LogP) is 9.67. The smallest absolute Gasteiger partial charge is 0.183 e. The third kappa shape index (κ3) is 10.5. The van der Waals surface area contributed by atoms with Crippen molar-refractivity contribution in [3.63, 3.8) is 0 Å². The zero-order valence-corrected chi connectivity index (χ0v) is 22.6. The summed E-state index contributed by atoms with van der Waals surface area (Å²) in [6.07, 6.45) is 18.4. The molecule has 198 valence electrons. The van der Waals surface area contributed by atoms with Gasteiger partial charge in [-0.05, 0) is 48.9 Å². The van der Waals surface area contributed by atoms with Crippen LogP contribution in [0.5, 0.6) is 5.75 Å². The van der Waals surface area contributed by atoms with Crippen molar-refractivity contribution in [1.29, 1.82) is 0 Å². The second kappa shape index (κ2) is 17.4. The van der Waals surface area contributed by atoms with Gasteiger partial charge in [-0.2, -0.15) is 0 Å². The molecular formula is C33H48O3. The summed E-state index contributed by atoms with van der Waals surface area (Å²) in [6.45, 7) is 8.42. The molecule has 0 aromatic heterocycles. The Morgan fingerprint density at radius 2 is 1.33 bits per heavy atom. The molecule has 0 radical (unpaired) electrons. The maximum Gasteiger partial charge on any atom is 0.183 e. The monoisotopic (exact) mass is 492 g/mol. The van der Waals surface area contributed by atoms with Crippen LogP contribution < -0.4 is 4.74 Å². The lowest BCUT2D eigenvalue weighted by atomic mass is 10.00. The van der Waals surface area contributed by atoms with Gasteiger partial charge in [0.25, 0.3) is 0 Å². The Bertz CT molecular complexity index is 819. The normalized spacial score (nSPS) is 17.7. The van der Waals surface area contributed by atoms with Crippen molar-refractivity contribution in [2.24, 2.45) is 5.92 Å². The van der Waals surface area contributed by atoms with Gasteiger partial charge in [0.05, 0.1) is 19.8 Å². The molecule has 0 spiro atoms. The molecule has 2 aromatic rings. The fraction of sp³-hybridized carbons (Fsp3) is 0.576. The first kappa shape index (κ1) is 28.5. The van der Waals surface area contributed by atoms with E-state index in [1.807, 2.05) is 6.08 Å². The number of benzene rings is 2. The summed E-state index contributed by atoms with van der Waals surface area (Å²) in [6, 6.07) is 17.0. The maximum atomic E-state index is 6.09. The van der Waals surface area contributed by atoms with Crippen molar-refractivity contribution in [3.8, 4) is 16.9 Å². The third-order valence-electron chi connectivity index (χ3n) is 7.12. The molecule has 1 heterocycles. The summed E-state index contributed by atoms with van der Waals surface area (Å²) in [5.74, 6) is 1.48. The van der Waals surface area contributed by atoms with Gasteiger partial charge in [0.2, 0.25) is 0 Å². The van der Waals surface area contributed by atoms with E-state index in [0.717, 1.165) is 44.0 Å². The SMILES string of the molecule is C=CCCCCCCCCCC1COC(c2ccc(-c3ccc(OCCCCCC)cc3)cc2)OC1. The van der Waals surface area contributed by atoms with Crippen LogP contribution >= 0.6 is 0 Å². The van der Waals surface area contributed by atoms with Gasteiger partial charge in [-0.25, -0.2) is 0 Å². The zero-order chi connectivity index (χ0) is 25.3. The summed E-state index contributed by atoms with van der Waals surface area (Å²) in [7, 11) is 0. The highest BCUT2D eigenvalue weighted by Gasteiger charge is 2.23. The van der Waals surface area contributed by atoms with Gasteiger partial charge < -0.3 is 14.2 Å². The minimum Gasteiger partial charge on any atom is -0.494 e. The number of hydrogen-bond acceptors (Lipinski definition) is 3. The molecule has 1 aliphatic heterocycles. The fourth-order valence-corrected chi connectivity index (χ4v) is 4.80. The molecule has 3 nitrogen and oxygen atoms in total. The molecule has 3 heteroatoms. The van der Waals surface area contributed by atoms with E-state index in [0.29, 0.717) is 5.92 Å². The number of rotatable bonds is 18. The van der Waals surface area contributed by atoms with Gasteiger partial charge in [0, 0.05) is 11.5 Å². The molecule has 0 bridgehead atoms. The molecule has 0 atom stereocenters. The third-order valence-corrected chi connectivity index (χ3v) is 7.12. The molecule has 0 amide bonds. The van der Waals surface area contributed by atoms with Crippen LogP contribution in [0.4, 0.5) is 0 Å². The Kier molecular flexibility index (Phi) is 13.7. The first-order valence-electron chi connectivity index (χ1n) is 14.5. The highest BCUT2D eigenvalue weighted by Crippen LogP contribution is 2.30. The minimum absolute atomic E-state index is 0.241. The van der Waals surface area contributed by atoms with Crippen LogP contribution in [0.1, 0.15) is 102 Å². The maximum absolute atomic E-state index is 6.09. The number of ether oxygens (including phenoxy) is 3. The van der Waals surface area contributed by atoms with Gasteiger partial charge in [0.15, 0.2) is 6.29 Å². The largest absolute Gasteiger partial charge is 0.494 e. The quantitative estimate of drug-likeness (QED) is 0.153. The van der Waals surface area contributed by atoms with Crippen molar-refractivity contribution in [2.75, 3.05) is 19.8 Å². The molecule has 3 rings (SSSR count). The van der Waals surface area contributed by atoms with Crippen LogP contribution in [-0.4, -0.2) is 19.8 Å². The van der Waals surface area contributed by atoms with Crippen LogP contribution in [-0.2, 0) is 9.47 Å². The number of unbranched alkanes of at least 4 members (excludes halogenated alkanes) is 10. The topological polar surface area (TPSA) is 27.7 Å². The average Bonchev–Trinajstić information content (AvgIpc) is 2.93. The highest BCUT2D eigenvalue weighted by molar-refractivity contribution is 5.64. The molecule has 36 heavy (non-hydrogen) atoms. The van der Waals surface area contributed by atoms with Crippen LogP contribution in [0.15, 0.2) is 61.2 Å². The van der Waals surface area contributed by atoms with Crippen LogP contribution in [0.3, 0.4) is 0 Å². The second-order valence-electron chi connectivity index (χ2n) is 10.3. The molecule has 1 saturated heterocycles. The van der Waals surface area contributed by atoms with Crippen LogP contribution in [0.2, 0.25) is 0 Å². The predicted molar refractivity (Wildman–Crippen MR) is 151 cm³/mol. The van der Waals surface area contributed by atoms with Gasteiger partial charge in [0.1, 0.15) is 5.75 Å². The lowest BCUT2D eigenvalue weighted by molar-refractivity contribution is -0.206. The lowest BCUT2D eigenvalue weighted by Gasteiger charge is -2.29. The fourth-order valence-electron chi connectivity index (χ4n) is 4.80. The molecule has 0 unspecified atom stereocenters. The second-order valence-corrected chi connectivity index (χ2v) is 10.3. The van der Waals surface area contributed by atoms with Crippen LogP contribution in [0.25, 0.3) is 11.1 Å². The van der Waals surface area contributed by atoms with Crippen molar-refractivity contribution < 1.29 is 14.2 Å². The molecule has 0 saturated carbocycles. The number of hydrogen-bond donors (Lipinski definition) is 0. The summed E-state index contributed by atoms with van der Waals surface area (Å²) in [4.78, 5) is 0. The van der Waals surface area contributed by atoms with Gasteiger partial charge in [-0.15, -0.1) is 6.58 Å². The average molecular weight is 493 g/mol. The molecule has 0 N–H and O–H groups in total. The number of allylic oxidation sites excluding steroid dienone is 1. The molecule has 1 aliphatic rings. The van der Waals surface area contributed by atoms with Crippen molar-refractivity contribution in [1.82, 2.24) is 0 Å². The van der Waals surface area contributed by atoms with Crippen molar-refractivity contribution in [3.05, 3.63) is 66.7 Å². The molecule has 0 aliphatic carbocycles. The summed E-state index contributed by atoms with van der Waals surface area (Å²) in [5, 5.41) is 0. The van der Waals surface area contributed by atoms with Gasteiger partial charge >= 0.3 is 0 Å². The van der Waals surface area contributed by atoms with Crippen LogP contribution in [0, 0.1) is 5.92 Å².